The third-order valence-electron chi connectivity index (χ3n) is 2.72. The molecule has 0 amide bonds. The molecule has 1 N–H and O–H groups in total. The van der Waals surface area contributed by atoms with Crippen LogP contribution in [0.3, 0.4) is 0 Å². The van der Waals surface area contributed by atoms with Gasteiger partial charge in [-0.2, -0.15) is 0 Å². The van der Waals surface area contributed by atoms with E-state index >= 15 is 0 Å². The van der Waals surface area contributed by atoms with Crippen LogP contribution in [0.1, 0.15) is 24.9 Å². The summed E-state index contributed by atoms with van der Waals surface area (Å²) in [5, 5.41) is 3.26. The van der Waals surface area contributed by atoms with Gasteiger partial charge in [0.1, 0.15) is 11.5 Å². The third kappa shape index (κ3) is 4.35. The number of hydrogen-bond acceptors (Lipinski definition) is 3. The highest BCUT2D eigenvalue weighted by Crippen LogP contribution is 2.25. The van der Waals surface area contributed by atoms with E-state index in [1.807, 2.05) is 12.1 Å². The molecular formula is C15H17F2NOS. The summed E-state index contributed by atoms with van der Waals surface area (Å²) >= 11 is 1.42. The molecule has 0 unspecified atom stereocenters. The van der Waals surface area contributed by atoms with Gasteiger partial charge in [0.25, 0.3) is 0 Å². The molecule has 0 aliphatic carbocycles. The molecular weight excluding hydrogens is 280 g/mol. The van der Waals surface area contributed by atoms with Gasteiger partial charge in [-0.15, -0.1) is 11.8 Å². The molecule has 0 radical (unpaired) electrons. The van der Waals surface area contributed by atoms with Crippen molar-refractivity contribution in [2.75, 3.05) is 6.54 Å². The lowest BCUT2D eigenvalue weighted by Gasteiger charge is -2.01. The smallest absolute Gasteiger partial charge is 0.159 e. The number of hydrogen-bond donors (Lipinski definition) is 1. The molecule has 0 atom stereocenters. The van der Waals surface area contributed by atoms with Crippen LogP contribution < -0.4 is 5.32 Å². The maximum absolute atomic E-state index is 13.1. The van der Waals surface area contributed by atoms with Crippen LogP contribution in [0.4, 0.5) is 8.78 Å². The van der Waals surface area contributed by atoms with Crippen LogP contribution in [0.2, 0.25) is 0 Å². The molecule has 20 heavy (non-hydrogen) atoms. The molecule has 0 saturated carbocycles. The lowest BCUT2D eigenvalue weighted by Crippen LogP contribution is -2.12. The maximum atomic E-state index is 13.1. The fourth-order valence-corrected chi connectivity index (χ4v) is 2.52. The number of nitrogens with one attached hydrogen (secondary N) is 1. The number of rotatable bonds is 7. The Morgan fingerprint density at radius 1 is 1.10 bits per heavy atom. The second-order valence-corrected chi connectivity index (χ2v) is 5.46. The Labute approximate surface area is 121 Å². The van der Waals surface area contributed by atoms with Gasteiger partial charge in [0.05, 0.1) is 12.3 Å². The van der Waals surface area contributed by atoms with Crippen LogP contribution in [0.15, 0.2) is 39.6 Å². The second kappa shape index (κ2) is 7.45. The fraction of sp³-hybridized carbons (Fsp3) is 0.333. The first-order chi connectivity index (χ1) is 9.69. The van der Waals surface area contributed by atoms with Crippen molar-refractivity contribution >= 4 is 11.8 Å². The molecule has 0 aliphatic rings. The van der Waals surface area contributed by atoms with E-state index in [1.165, 1.54) is 17.8 Å². The molecule has 1 aromatic heterocycles. The summed E-state index contributed by atoms with van der Waals surface area (Å²) in [5.41, 5.74) is 0. The molecule has 0 spiro atoms. The molecule has 0 aliphatic heterocycles. The molecule has 5 heteroatoms. The number of benzene rings is 1. The van der Waals surface area contributed by atoms with Gasteiger partial charge in [-0.3, -0.25) is 0 Å². The van der Waals surface area contributed by atoms with Crippen LogP contribution >= 0.6 is 11.8 Å². The van der Waals surface area contributed by atoms with Gasteiger partial charge in [0, 0.05) is 4.90 Å². The Balaban J connectivity index is 1.85. The minimum atomic E-state index is -0.823. The van der Waals surface area contributed by atoms with Gasteiger partial charge in [0.2, 0.25) is 0 Å². The second-order valence-electron chi connectivity index (χ2n) is 4.41. The molecule has 0 fully saturated rings. The first kappa shape index (κ1) is 15.1. The Morgan fingerprint density at radius 3 is 2.65 bits per heavy atom. The molecule has 2 aromatic rings. The highest BCUT2D eigenvalue weighted by atomic mass is 32.2. The van der Waals surface area contributed by atoms with Gasteiger partial charge in [-0.25, -0.2) is 8.78 Å². The molecule has 0 saturated heterocycles. The van der Waals surface area contributed by atoms with Crippen molar-refractivity contribution in [1.82, 2.24) is 5.32 Å². The highest BCUT2D eigenvalue weighted by molar-refractivity contribution is 7.98. The van der Waals surface area contributed by atoms with Crippen molar-refractivity contribution in [3.8, 4) is 0 Å². The molecule has 0 bridgehead atoms. The Bertz CT molecular complexity index is 557. The first-order valence-electron chi connectivity index (χ1n) is 6.55. The summed E-state index contributed by atoms with van der Waals surface area (Å²) in [6.45, 7) is 3.78. The van der Waals surface area contributed by atoms with E-state index in [0.717, 1.165) is 30.6 Å². The van der Waals surface area contributed by atoms with Crippen LogP contribution in [0.5, 0.6) is 0 Å². The number of furan rings is 1. The summed E-state index contributed by atoms with van der Waals surface area (Å²) in [7, 11) is 0. The zero-order chi connectivity index (χ0) is 14.4. The van der Waals surface area contributed by atoms with E-state index in [2.05, 4.69) is 12.2 Å². The Morgan fingerprint density at radius 2 is 1.90 bits per heavy atom. The predicted molar refractivity (Wildman–Crippen MR) is 76.6 cm³/mol. The van der Waals surface area contributed by atoms with Crippen molar-refractivity contribution in [2.45, 2.75) is 30.5 Å². The molecule has 108 valence electrons. The van der Waals surface area contributed by atoms with Crippen molar-refractivity contribution in [3.63, 3.8) is 0 Å². The van der Waals surface area contributed by atoms with E-state index in [4.69, 9.17) is 4.42 Å². The standard InChI is InChI=1S/C15H17F2NOS/c1-2-7-18-9-11-3-4-12(19-11)10-20-13-5-6-14(16)15(17)8-13/h3-6,8,18H,2,7,9-10H2,1H3. The van der Waals surface area contributed by atoms with Crippen LogP contribution in [-0.2, 0) is 12.3 Å². The quantitative estimate of drug-likeness (QED) is 0.607. The van der Waals surface area contributed by atoms with E-state index in [9.17, 15) is 8.78 Å². The van der Waals surface area contributed by atoms with Crippen molar-refractivity contribution < 1.29 is 13.2 Å². The predicted octanol–water partition coefficient (Wildman–Crippen LogP) is 4.35. The maximum Gasteiger partial charge on any atom is 0.159 e. The van der Waals surface area contributed by atoms with Gasteiger partial charge >= 0.3 is 0 Å². The monoisotopic (exact) mass is 297 g/mol. The number of thioether (sulfide) groups is 1. The van der Waals surface area contributed by atoms with Crippen LogP contribution in [0.25, 0.3) is 0 Å². The lowest BCUT2D eigenvalue weighted by molar-refractivity contribution is 0.459. The molecule has 2 nitrogen and oxygen atoms in total. The Hall–Kier alpha value is -1.33. The largest absolute Gasteiger partial charge is 0.464 e. The van der Waals surface area contributed by atoms with E-state index < -0.39 is 11.6 Å². The van der Waals surface area contributed by atoms with E-state index in [1.54, 1.807) is 6.07 Å². The SMILES string of the molecule is CCCNCc1ccc(CSc2ccc(F)c(F)c2)o1. The number of halogens is 2. The van der Waals surface area contributed by atoms with Gasteiger partial charge in [0.15, 0.2) is 11.6 Å². The van der Waals surface area contributed by atoms with E-state index in [0.29, 0.717) is 17.2 Å². The molecule has 2 rings (SSSR count). The average molecular weight is 297 g/mol. The van der Waals surface area contributed by atoms with E-state index in [-0.39, 0.29) is 0 Å². The first-order valence-corrected chi connectivity index (χ1v) is 7.53. The molecule has 1 aromatic carbocycles. The third-order valence-corrected chi connectivity index (χ3v) is 3.73. The summed E-state index contributed by atoms with van der Waals surface area (Å²) in [5.74, 6) is 0.668. The zero-order valence-corrected chi connectivity index (χ0v) is 12.1. The fourth-order valence-electron chi connectivity index (χ4n) is 1.70. The summed E-state index contributed by atoms with van der Waals surface area (Å²) < 4.78 is 31.5. The normalized spacial score (nSPS) is 10.9. The minimum absolute atomic E-state index is 0.596. The van der Waals surface area contributed by atoms with Gasteiger partial charge in [-0.05, 0) is 43.3 Å². The molecule has 1 heterocycles. The van der Waals surface area contributed by atoms with Crippen LogP contribution in [0, 0.1) is 11.6 Å². The topological polar surface area (TPSA) is 25.2 Å². The summed E-state index contributed by atoms with van der Waals surface area (Å²) in [6.07, 6.45) is 1.08. The van der Waals surface area contributed by atoms with Gasteiger partial charge in [-0.1, -0.05) is 6.92 Å². The van der Waals surface area contributed by atoms with Crippen molar-refractivity contribution in [2.24, 2.45) is 0 Å². The minimum Gasteiger partial charge on any atom is -0.464 e. The Kier molecular flexibility index (Phi) is 5.61. The van der Waals surface area contributed by atoms with Gasteiger partial charge < -0.3 is 9.73 Å². The van der Waals surface area contributed by atoms with Crippen molar-refractivity contribution in [3.05, 3.63) is 53.5 Å². The lowest BCUT2D eigenvalue weighted by atomic mass is 10.3. The summed E-state index contributed by atoms with van der Waals surface area (Å²) in [6, 6.07) is 7.75. The van der Waals surface area contributed by atoms with Crippen molar-refractivity contribution in [1.29, 1.82) is 0 Å². The zero-order valence-electron chi connectivity index (χ0n) is 11.3. The average Bonchev–Trinajstić information content (AvgIpc) is 2.88. The summed E-state index contributed by atoms with van der Waals surface area (Å²) in [4.78, 5) is 0.686. The van der Waals surface area contributed by atoms with Crippen LogP contribution in [-0.4, -0.2) is 6.54 Å². The highest BCUT2D eigenvalue weighted by Gasteiger charge is 2.06.